The summed E-state index contributed by atoms with van der Waals surface area (Å²) >= 11 is 0. The van der Waals surface area contributed by atoms with E-state index < -0.39 is 0 Å². The summed E-state index contributed by atoms with van der Waals surface area (Å²) in [5.41, 5.74) is 4.88. The number of pyridine rings is 1. The van der Waals surface area contributed by atoms with Gasteiger partial charge in [-0.3, -0.25) is 4.79 Å². The van der Waals surface area contributed by atoms with Gasteiger partial charge in [-0.25, -0.2) is 4.98 Å². The fourth-order valence-corrected chi connectivity index (χ4v) is 2.79. The van der Waals surface area contributed by atoms with Crippen LogP contribution in [0.25, 0.3) is 22.2 Å². The summed E-state index contributed by atoms with van der Waals surface area (Å²) in [6, 6.07) is 15.9. The van der Waals surface area contributed by atoms with Crippen molar-refractivity contribution in [2.75, 3.05) is 14.2 Å². The molecule has 0 fully saturated rings. The number of amides is 1. The SMILES string of the molecule is CNC(=O)Cc1cccc2c(C)cc(-c3ccc(OC)cc3)nc12. The Kier molecular flexibility index (Phi) is 4.47. The third kappa shape index (κ3) is 3.08. The molecular formula is C20H20N2O2. The standard InChI is InChI=1S/C20H20N2O2/c1-13-11-18(14-7-9-16(24-3)10-8-14)22-20-15(12-19(23)21-2)5-4-6-17(13)20/h4-11H,12H2,1-3H3,(H,21,23). The highest BCUT2D eigenvalue weighted by Gasteiger charge is 2.11. The van der Waals surface area contributed by atoms with Gasteiger partial charge < -0.3 is 10.1 Å². The number of fused-ring (bicyclic) bond motifs is 1. The van der Waals surface area contributed by atoms with Gasteiger partial charge in [0.15, 0.2) is 0 Å². The Morgan fingerprint density at radius 2 is 1.92 bits per heavy atom. The summed E-state index contributed by atoms with van der Waals surface area (Å²) in [6.45, 7) is 2.07. The minimum Gasteiger partial charge on any atom is -0.497 e. The quantitative estimate of drug-likeness (QED) is 0.800. The lowest BCUT2D eigenvalue weighted by Gasteiger charge is -2.11. The van der Waals surface area contributed by atoms with Gasteiger partial charge in [0.1, 0.15) is 5.75 Å². The zero-order valence-corrected chi connectivity index (χ0v) is 14.1. The van der Waals surface area contributed by atoms with Crippen LogP contribution in [-0.2, 0) is 11.2 Å². The number of carbonyl (C=O) groups excluding carboxylic acids is 1. The molecule has 0 aliphatic rings. The molecule has 0 unspecified atom stereocenters. The first-order valence-electron chi connectivity index (χ1n) is 7.86. The normalized spacial score (nSPS) is 10.6. The van der Waals surface area contributed by atoms with Crippen LogP contribution in [-0.4, -0.2) is 25.0 Å². The van der Waals surface area contributed by atoms with E-state index >= 15 is 0 Å². The lowest BCUT2D eigenvalue weighted by atomic mass is 10.0. The Bertz CT molecular complexity index is 886. The molecule has 0 saturated carbocycles. The van der Waals surface area contributed by atoms with Crippen molar-refractivity contribution in [3.63, 3.8) is 0 Å². The second-order valence-electron chi connectivity index (χ2n) is 5.72. The second-order valence-corrected chi connectivity index (χ2v) is 5.72. The maximum absolute atomic E-state index is 11.8. The number of likely N-dealkylation sites (N-methyl/N-ethyl adjacent to an activating group) is 1. The number of nitrogens with one attached hydrogen (secondary N) is 1. The minimum atomic E-state index is -0.0168. The van der Waals surface area contributed by atoms with Crippen LogP contribution in [0.3, 0.4) is 0 Å². The van der Waals surface area contributed by atoms with Gasteiger partial charge in [0, 0.05) is 18.0 Å². The summed E-state index contributed by atoms with van der Waals surface area (Å²) in [5.74, 6) is 0.799. The number of benzene rings is 2. The van der Waals surface area contributed by atoms with Crippen LogP contribution >= 0.6 is 0 Å². The molecule has 0 aliphatic heterocycles. The zero-order chi connectivity index (χ0) is 17.1. The second kappa shape index (κ2) is 6.71. The molecule has 122 valence electrons. The van der Waals surface area contributed by atoms with Gasteiger partial charge >= 0.3 is 0 Å². The highest BCUT2D eigenvalue weighted by Crippen LogP contribution is 2.27. The molecule has 4 nitrogen and oxygen atoms in total. The summed E-state index contributed by atoms with van der Waals surface area (Å²) in [6.07, 6.45) is 0.326. The molecule has 0 atom stereocenters. The average Bonchev–Trinajstić information content (AvgIpc) is 2.62. The third-order valence-electron chi connectivity index (χ3n) is 4.15. The van der Waals surface area contributed by atoms with Gasteiger partial charge in [-0.15, -0.1) is 0 Å². The van der Waals surface area contributed by atoms with Crippen molar-refractivity contribution in [2.24, 2.45) is 0 Å². The molecule has 0 saturated heterocycles. The van der Waals surface area contributed by atoms with Crippen molar-refractivity contribution in [2.45, 2.75) is 13.3 Å². The first-order valence-corrected chi connectivity index (χ1v) is 7.86. The Morgan fingerprint density at radius 3 is 2.58 bits per heavy atom. The molecule has 3 rings (SSSR count). The first kappa shape index (κ1) is 16.0. The van der Waals surface area contributed by atoms with E-state index in [9.17, 15) is 4.79 Å². The highest BCUT2D eigenvalue weighted by molar-refractivity contribution is 5.91. The number of aromatic nitrogens is 1. The van der Waals surface area contributed by atoms with Crippen molar-refractivity contribution >= 4 is 16.8 Å². The molecule has 0 spiro atoms. The van der Waals surface area contributed by atoms with E-state index in [0.717, 1.165) is 39.0 Å². The molecule has 1 aromatic heterocycles. The molecule has 0 radical (unpaired) electrons. The topological polar surface area (TPSA) is 51.2 Å². The number of ether oxygens (including phenoxy) is 1. The van der Waals surface area contributed by atoms with Crippen LogP contribution in [0.5, 0.6) is 5.75 Å². The predicted octanol–water partition coefficient (Wildman–Crippen LogP) is 3.51. The Morgan fingerprint density at radius 1 is 1.17 bits per heavy atom. The number of rotatable bonds is 4. The van der Waals surface area contributed by atoms with Gasteiger partial charge in [-0.2, -0.15) is 0 Å². The van der Waals surface area contributed by atoms with Gasteiger partial charge in [0.05, 0.1) is 24.7 Å². The number of hydrogen-bond donors (Lipinski definition) is 1. The predicted molar refractivity (Wildman–Crippen MR) is 96.2 cm³/mol. The van der Waals surface area contributed by atoms with Crippen molar-refractivity contribution in [1.29, 1.82) is 0 Å². The molecular weight excluding hydrogens is 300 g/mol. The molecule has 1 heterocycles. The Hall–Kier alpha value is -2.88. The number of nitrogens with zero attached hydrogens (tertiary/aromatic N) is 1. The van der Waals surface area contributed by atoms with Gasteiger partial charge in [-0.1, -0.05) is 18.2 Å². The average molecular weight is 320 g/mol. The van der Waals surface area contributed by atoms with E-state index in [1.807, 2.05) is 42.5 Å². The maximum atomic E-state index is 11.8. The van der Waals surface area contributed by atoms with Crippen LogP contribution in [0.4, 0.5) is 0 Å². The lowest BCUT2D eigenvalue weighted by molar-refractivity contribution is -0.119. The molecule has 2 aromatic carbocycles. The molecule has 0 aliphatic carbocycles. The van der Waals surface area contributed by atoms with Crippen molar-refractivity contribution in [3.05, 3.63) is 59.7 Å². The van der Waals surface area contributed by atoms with E-state index in [2.05, 4.69) is 18.3 Å². The summed E-state index contributed by atoms with van der Waals surface area (Å²) in [7, 11) is 3.30. The van der Waals surface area contributed by atoms with Crippen LogP contribution in [0, 0.1) is 6.92 Å². The van der Waals surface area contributed by atoms with Crippen LogP contribution < -0.4 is 10.1 Å². The van der Waals surface area contributed by atoms with E-state index in [0.29, 0.717) is 6.42 Å². The molecule has 1 amide bonds. The van der Waals surface area contributed by atoms with Crippen molar-refractivity contribution in [1.82, 2.24) is 10.3 Å². The smallest absolute Gasteiger partial charge is 0.224 e. The first-order chi connectivity index (χ1) is 11.6. The van der Waals surface area contributed by atoms with Crippen molar-refractivity contribution < 1.29 is 9.53 Å². The lowest BCUT2D eigenvalue weighted by Crippen LogP contribution is -2.20. The third-order valence-corrected chi connectivity index (χ3v) is 4.15. The van der Waals surface area contributed by atoms with Crippen LogP contribution in [0.15, 0.2) is 48.5 Å². The van der Waals surface area contributed by atoms with Gasteiger partial charge in [0.25, 0.3) is 0 Å². The number of methoxy groups -OCH3 is 1. The van der Waals surface area contributed by atoms with Gasteiger partial charge in [-0.05, 0) is 48.4 Å². The number of para-hydroxylation sites is 1. The number of hydrogen-bond acceptors (Lipinski definition) is 3. The minimum absolute atomic E-state index is 0.0168. The van der Waals surface area contributed by atoms with Crippen molar-refractivity contribution in [3.8, 4) is 17.0 Å². The van der Waals surface area contributed by atoms with Crippen LogP contribution in [0.2, 0.25) is 0 Å². The largest absolute Gasteiger partial charge is 0.497 e. The monoisotopic (exact) mass is 320 g/mol. The maximum Gasteiger partial charge on any atom is 0.224 e. The van der Waals surface area contributed by atoms with E-state index in [1.165, 1.54) is 0 Å². The number of carbonyl (C=O) groups is 1. The van der Waals surface area contributed by atoms with Gasteiger partial charge in [0.2, 0.25) is 5.91 Å². The Balaban J connectivity index is 2.12. The summed E-state index contributed by atoms with van der Waals surface area (Å²) in [4.78, 5) is 16.6. The van der Waals surface area contributed by atoms with E-state index in [-0.39, 0.29) is 5.91 Å². The summed E-state index contributed by atoms with van der Waals surface area (Å²) < 4.78 is 5.21. The molecule has 4 heteroatoms. The number of aryl methyl sites for hydroxylation is 1. The Labute approximate surface area is 141 Å². The van der Waals surface area contributed by atoms with E-state index in [4.69, 9.17) is 9.72 Å². The zero-order valence-electron chi connectivity index (χ0n) is 14.1. The molecule has 24 heavy (non-hydrogen) atoms. The highest BCUT2D eigenvalue weighted by atomic mass is 16.5. The molecule has 1 N–H and O–H groups in total. The van der Waals surface area contributed by atoms with Crippen LogP contribution in [0.1, 0.15) is 11.1 Å². The fourth-order valence-electron chi connectivity index (χ4n) is 2.79. The fraction of sp³-hybridized carbons (Fsp3) is 0.200. The summed E-state index contributed by atoms with van der Waals surface area (Å²) in [5, 5.41) is 3.75. The molecule has 0 bridgehead atoms. The molecule has 3 aromatic rings. The van der Waals surface area contributed by atoms with E-state index in [1.54, 1.807) is 14.2 Å².